The van der Waals surface area contributed by atoms with Gasteiger partial charge in [-0.2, -0.15) is 0 Å². The highest BCUT2D eigenvalue weighted by Gasteiger charge is 2.18. The first-order valence-electron chi connectivity index (χ1n) is 5.44. The number of halogens is 3. The van der Waals surface area contributed by atoms with Gasteiger partial charge in [-0.25, -0.2) is 0 Å². The standard InChI is InChI=1S/C13H11Br2ClOS/c1-2-17-10-6-4-3-5-8(10)12(16)11-7-9(14)13(15)18-11/h3-7,12H,2H2,1H3. The van der Waals surface area contributed by atoms with E-state index >= 15 is 0 Å². The first kappa shape index (κ1) is 14.4. The lowest BCUT2D eigenvalue weighted by atomic mass is 10.1. The van der Waals surface area contributed by atoms with E-state index < -0.39 is 0 Å². The minimum absolute atomic E-state index is 0.194. The zero-order valence-electron chi connectivity index (χ0n) is 9.62. The first-order chi connectivity index (χ1) is 8.63. The van der Waals surface area contributed by atoms with Gasteiger partial charge < -0.3 is 4.74 Å². The van der Waals surface area contributed by atoms with Crippen molar-refractivity contribution in [2.24, 2.45) is 0 Å². The fourth-order valence-corrected chi connectivity index (χ4v) is 4.08. The summed E-state index contributed by atoms with van der Waals surface area (Å²) >= 11 is 15.1. The van der Waals surface area contributed by atoms with E-state index in [2.05, 4.69) is 31.9 Å². The van der Waals surface area contributed by atoms with Gasteiger partial charge in [-0.15, -0.1) is 22.9 Å². The smallest absolute Gasteiger partial charge is 0.124 e. The highest BCUT2D eigenvalue weighted by molar-refractivity contribution is 9.13. The maximum absolute atomic E-state index is 6.55. The molecule has 0 bridgehead atoms. The Labute approximate surface area is 132 Å². The molecule has 1 unspecified atom stereocenters. The lowest BCUT2D eigenvalue weighted by molar-refractivity contribution is 0.337. The molecule has 1 aromatic heterocycles. The van der Waals surface area contributed by atoms with E-state index in [4.69, 9.17) is 16.3 Å². The van der Waals surface area contributed by atoms with Crippen LogP contribution in [-0.4, -0.2) is 6.61 Å². The topological polar surface area (TPSA) is 9.23 Å². The van der Waals surface area contributed by atoms with E-state index in [1.54, 1.807) is 11.3 Å². The molecule has 0 aliphatic carbocycles. The van der Waals surface area contributed by atoms with Crippen LogP contribution in [0.15, 0.2) is 38.6 Å². The lowest BCUT2D eigenvalue weighted by Gasteiger charge is -2.13. The summed E-state index contributed by atoms with van der Waals surface area (Å²) in [7, 11) is 0. The van der Waals surface area contributed by atoms with E-state index in [1.807, 2.05) is 37.3 Å². The number of para-hydroxylation sites is 1. The van der Waals surface area contributed by atoms with Gasteiger partial charge in [-0.3, -0.25) is 0 Å². The molecule has 1 nitrogen and oxygen atoms in total. The van der Waals surface area contributed by atoms with Gasteiger partial charge in [0.15, 0.2) is 0 Å². The number of thiophene rings is 1. The van der Waals surface area contributed by atoms with Gasteiger partial charge in [-0.1, -0.05) is 18.2 Å². The van der Waals surface area contributed by atoms with Crippen molar-refractivity contribution in [2.45, 2.75) is 12.3 Å². The Balaban J connectivity index is 2.36. The molecule has 18 heavy (non-hydrogen) atoms. The van der Waals surface area contributed by atoms with Crippen LogP contribution in [0, 0.1) is 0 Å². The maximum Gasteiger partial charge on any atom is 0.124 e. The predicted molar refractivity (Wildman–Crippen MR) is 85.0 cm³/mol. The molecule has 0 fully saturated rings. The highest BCUT2D eigenvalue weighted by atomic mass is 79.9. The zero-order valence-corrected chi connectivity index (χ0v) is 14.4. The molecule has 0 aliphatic rings. The van der Waals surface area contributed by atoms with Crippen LogP contribution in [0.2, 0.25) is 0 Å². The largest absolute Gasteiger partial charge is 0.494 e. The maximum atomic E-state index is 6.55. The summed E-state index contributed by atoms with van der Waals surface area (Å²) < 4.78 is 7.70. The Morgan fingerprint density at radius 2 is 2.06 bits per heavy atom. The van der Waals surface area contributed by atoms with Gasteiger partial charge in [0.2, 0.25) is 0 Å². The van der Waals surface area contributed by atoms with E-state index in [1.165, 1.54) is 0 Å². The number of hydrogen-bond acceptors (Lipinski definition) is 2. The first-order valence-corrected chi connectivity index (χ1v) is 8.28. The summed E-state index contributed by atoms with van der Waals surface area (Å²) in [5.41, 5.74) is 1.00. The summed E-state index contributed by atoms with van der Waals surface area (Å²) in [6.45, 7) is 2.61. The third-order valence-corrected chi connectivity index (χ3v) is 6.33. The van der Waals surface area contributed by atoms with Crippen LogP contribution in [0.25, 0.3) is 0 Å². The zero-order chi connectivity index (χ0) is 13.1. The molecular weight excluding hydrogens is 399 g/mol. The second-order valence-electron chi connectivity index (χ2n) is 3.60. The summed E-state index contributed by atoms with van der Waals surface area (Å²) in [5, 5.41) is -0.194. The molecular formula is C13H11Br2ClOS. The molecule has 0 N–H and O–H groups in total. The Hall–Kier alpha value is -0.0300. The van der Waals surface area contributed by atoms with E-state index in [9.17, 15) is 0 Å². The van der Waals surface area contributed by atoms with Crippen LogP contribution in [0.3, 0.4) is 0 Å². The van der Waals surface area contributed by atoms with Crippen molar-refractivity contribution in [3.8, 4) is 5.75 Å². The van der Waals surface area contributed by atoms with E-state index in [0.717, 1.165) is 24.4 Å². The fourth-order valence-electron chi connectivity index (χ4n) is 1.62. The highest BCUT2D eigenvalue weighted by Crippen LogP contribution is 2.42. The van der Waals surface area contributed by atoms with Gasteiger partial charge in [0.25, 0.3) is 0 Å². The van der Waals surface area contributed by atoms with Crippen LogP contribution < -0.4 is 4.74 Å². The number of ether oxygens (including phenoxy) is 1. The molecule has 1 heterocycles. The molecule has 0 radical (unpaired) electrons. The molecule has 2 aromatic rings. The molecule has 0 aliphatic heterocycles. The molecule has 1 atom stereocenters. The predicted octanol–water partition coefficient (Wildman–Crippen LogP) is 6.00. The summed E-state index contributed by atoms with van der Waals surface area (Å²) in [6.07, 6.45) is 0. The number of benzene rings is 1. The van der Waals surface area contributed by atoms with Crippen molar-refractivity contribution >= 4 is 54.8 Å². The van der Waals surface area contributed by atoms with Gasteiger partial charge >= 0.3 is 0 Å². The number of hydrogen-bond donors (Lipinski definition) is 0. The van der Waals surface area contributed by atoms with Crippen molar-refractivity contribution in [3.63, 3.8) is 0 Å². The summed E-state index contributed by atoms with van der Waals surface area (Å²) in [5.74, 6) is 0.848. The lowest BCUT2D eigenvalue weighted by Crippen LogP contribution is -1.98. The number of rotatable bonds is 4. The molecule has 0 saturated heterocycles. The van der Waals surface area contributed by atoms with E-state index in [-0.39, 0.29) is 5.38 Å². The van der Waals surface area contributed by atoms with Gasteiger partial charge in [-0.05, 0) is 50.9 Å². The fraction of sp³-hybridized carbons (Fsp3) is 0.231. The quantitative estimate of drug-likeness (QED) is 0.562. The van der Waals surface area contributed by atoms with Crippen molar-refractivity contribution in [1.82, 2.24) is 0 Å². The molecule has 0 amide bonds. The van der Waals surface area contributed by atoms with Gasteiger partial charge in [0, 0.05) is 14.9 Å². The van der Waals surface area contributed by atoms with Crippen LogP contribution in [0.1, 0.15) is 22.7 Å². The van der Waals surface area contributed by atoms with Crippen LogP contribution in [0.4, 0.5) is 0 Å². The Kier molecular flexibility index (Phi) is 5.13. The molecule has 0 saturated carbocycles. The van der Waals surface area contributed by atoms with Crippen molar-refractivity contribution in [2.75, 3.05) is 6.61 Å². The average molecular weight is 411 g/mol. The third kappa shape index (κ3) is 3.10. The average Bonchev–Trinajstić information content (AvgIpc) is 2.70. The summed E-state index contributed by atoms with van der Waals surface area (Å²) in [4.78, 5) is 1.09. The molecule has 0 spiro atoms. The SMILES string of the molecule is CCOc1ccccc1C(Cl)c1cc(Br)c(Br)s1. The Bertz CT molecular complexity index is 522. The second kappa shape index (κ2) is 6.42. The molecule has 2 rings (SSSR count). The number of alkyl halides is 1. The molecule has 1 aromatic carbocycles. The van der Waals surface area contributed by atoms with Crippen LogP contribution in [-0.2, 0) is 0 Å². The summed E-state index contributed by atoms with van der Waals surface area (Å²) in [6, 6.07) is 9.93. The van der Waals surface area contributed by atoms with Gasteiger partial charge in [0.1, 0.15) is 5.75 Å². The third-order valence-electron chi connectivity index (χ3n) is 2.41. The minimum atomic E-state index is -0.194. The minimum Gasteiger partial charge on any atom is -0.494 e. The van der Waals surface area contributed by atoms with Crippen LogP contribution >= 0.6 is 54.8 Å². The second-order valence-corrected chi connectivity index (χ2v) is 7.30. The van der Waals surface area contributed by atoms with Crippen LogP contribution in [0.5, 0.6) is 5.75 Å². The monoisotopic (exact) mass is 408 g/mol. The molecule has 5 heteroatoms. The van der Waals surface area contributed by atoms with Crippen molar-refractivity contribution in [3.05, 3.63) is 49.0 Å². The van der Waals surface area contributed by atoms with Gasteiger partial charge in [0.05, 0.1) is 15.8 Å². The van der Waals surface area contributed by atoms with E-state index in [0.29, 0.717) is 6.61 Å². The molecule has 96 valence electrons. The van der Waals surface area contributed by atoms with Crippen molar-refractivity contribution < 1.29 is 4.74 Å². The Morgan fingerprint density at radius 3 is 2.67 bits per heavy atom. The van der Waals surface area contributed by atoms with Crippen molar-refractivity contribution in [1.29, 1.82) is 0 Å². The normalized spacial score (nSPS) is 12.4. The Morgan fingerprint density at radius 1 is 1.33 bits per heavy atom.